The Hall–Kier alpha value is -3.22. The van der Waals surface area contributed by atoms with Crippen LogP contribution in [0.5, 0.6) is 0 Å². The lowest BCUT2D eigenvalue weighted by molar-refractivity contribution is -0.138. The molecule has 7 heteroatoms. The summed E-state index contributed by atoms with van der Waals surface area (Å²) >= 11 is 0. The number of nitrogens with zero attached hydrogens (tertiary/aromatic N) is 2. The number of hydrogen-bond donors (Lipinski definition) is 1. The topological polar surface area (TPSA) is 69.7 Å². The van der Waals surface area contributed by atoms with Crippen LogP contribution in [0.3, 0.4) is 0 Å². The van der Waals surface area contributed by atoms with Crippen molar-refractivity contribution in [1.29, 1.82) is 0 Å². The van der Waals surface area contributed by atoms with Gasteiger partial charge in [-0.15, -0.1) is 0 Å². The van der Waals surface area contributed by atoms with Crippen molar-refractivity contribution in [3.63, 3.8) is 0 Å². The number of para-hydroxylation sites is 1. The van der Waals surface area contributed by atoms with Crippen molar-refractivity contribution in [1.82, 2.24) is 4.90 Å². The molecule has 6 nitrogen and oxygen atoms in total. The molecule has 1 N–H and O–H groups in total. The molecule has 2 aliphatic rings. The van der Waals surface area contributed by atoms with Crippen LogP contribution in [0.4, 0.5) is 15.8 Å². The van der Waals surface area contributed by atoms with Gasteiger partial charge in [0.25, 0.3) is 0 Å². The Morgan fingerprint density at radius 2 is 1.70 bits per heavy atom. The van der Waals surface area contributed by atoms with Crippen LogP contribution in [0.2, 0.25) is 0 Å². The van der Waals surface area contributed by atoms with E-state index in [0.717, 1.165) is 5.69 Å². The maximum absolute atomic E-state index is 13.3. The van der Waals surface area contributed by atoms with Gasteiger partial charge < -0.3 is 15.1 Å². The molecule has 3 amide bonds. The van der Waals surface area contributed by atoms with E-state index in [2.05, 4.69) is 5.32 Å². The summed E-state index contributed by atoms with van der Waals surface area (Å²) in [4.78, 5) is 41.2. The minimum absolute atomic E-state index is 0.0224. The van der Waals surface area contributed by atoms with Crippen LogP contribution in [0.15, 0.2) is 54.6 Å². The Morgan fingerprint density at radius 1 is 0.967 bits per heavy atom. The van der Waals surface area contributed by atoms with Gasteiger partial charge in [0, 0.05) is 43.3 Å². The van der Waals surface area contributed by atoms with Crippen molar-refractivity contribution in [2.45, 2.75) is 19.3 Å². The van der Waals surface area contributed by atoms with E-state index >= 15 is 0 Å². The molecule has 2 fully saturated rings. The smallest absolute Gasteiger partial charge is 0.228 e. The average molecular weight is 409 g/mol. The van der Waals surface area contributed by atoms with Gasteiger partial charge in [0.15, 0.2) is 0 Å². The normalized spacial score (nSPS) is 19.8. The van der Waals surface area contributed by atoms with E-state index in [-0.39, 0.29) is 36.0 Å². The highest BCUT2D eigenvalue weighted by Gasteiger charge is 2.38. The molecule has 1 atom stereocenters. The molecule has 4 rings (SSSR count). The summed E-state index contributed by atoms with van der Waals surface area (Å²) in [5.74, 6) is -1.18. The van der Waals surface area contributed by atoms with Crippen LogP contribution < -0.4 is 10.2 Å². The number of carbonyl (C=O) groups is 3. The van der Waals surface area contributed by atoms with Gasteiger partial charge in [-0.2, -0.15) is 0 Å². The quantitative estimate of drug-likeness (QED) is 0.844. The Labute approximate surface area is 174 Å². The number of amides is 3. The molecular weight excluding hydrogens is 385 g/mol. The van der Waals surface area contributed by atoms with Crippen LogP contribution in [-0.2, 0) is 14.4 Å². The lowest BCUT2D eigenvalue weighted by atomic mass is 9.94. The molecule has 0 aliphatic carbocycles. The van der Waals surface area contributed by atoms with Gasteiger partial charge in [-0.1, -0.05) is 24.3 Å². The van der Waals surface area contributed by atoms with Crippen molar-refractivity contribution < 1.29 is 18.8 Å². The fourth-order valence-corrected chi connectivity index (χ4v) is 4.16. The molecule has 2 aliphatic heterocycles. The predicted octanol–water partition coefficient (Wildman–Crippen LogP) is 3.06. The minimum atomic E-state index is -0.399. The molecule has 2 aromatic rings. The van der Waals surface area contributed by atoms with E-state index in [1.807, 2.05) is 30.3 Å². The highest BCUT2D eigenvalue weighted by molar-refractivity contribution is 6.00. The lowest BCUT2D eigenvalue weighted by Gasteiger charge is -2.33. The number of likely N-dealkylation sites (tertiary alicyclic amines) is 1. The summed E-state index contributed by atoms with van der Waals surface area (Å²) in [6.45, 7) is 1.36. The monoisotopic (exact) mass is 409 g/mol. The molecular formula is C23H24FN3O3. The molecule has 156 valence electrons. The zero-order chi connectivity index (χ0) is 21.1. The predicted molar refractivity (Wildman–Crippen MR) is 111 cm³/mol. The summed E-state index contributed by atoms with van der Waals surface area (Å²) in [6.07, 6.45) is 1.32. The van der Waals surface area contributed by atoms with Crippen LogP contribution in [0.1, 0.15) is 19.3 Å². The molecule has 30 heavy (non-hydrogen) atoms. The summed E-state index contributed by atoms with van der Waals surface area (Å²) in [7, 11) is 0. The molecule has 0 bridgehead atoms. The fourth-order valence-electron chi connectivity index (χ4n) is 4.16. The Kier molecular flexibility index (Phi) is 5.79. The first kappa shape index (κ1) is 20.1. The highest BCUT2D eigenvalue weighted by atomic mass is 19.1. The van der Waals surface area contributed by atoms with Crippen LogP contribution in [0, 0.1) is 17.7 Å². The summed E-state index contributed by atoms with van der Waals surface area (Å²) in [5, 5.41) is 2.75. The lowest BCUT2D eigenvalue weighted by Crippen LogP contribution is -2.44. The number of benzene rings is 2. The van der Waals surface area contributed by atoms with Crippen LogP contribution in [0.25, 0.3) is 0 Å². The van der Waals surface area contributed by atoms with Gasteiger partial charge in [-0.05, 0) is 43.2 Å². The number of anilines is 2. The third-order valence-corrected chi connectivity index (χ3v) is 5.81. The minimum Gasteiger partial charge on any atom is -0.342 e. The Balaban J connectivity index is 1.30. The van der Waals surface area contributed by atoms with Crippen molar-refractivity contribution in [3.05, 3.63) is 60.4 Å². The molecule has 2 heterocycles. The third-order valence-electron chi connectivity index (χ3n) is 5.81. The first-order valence-electron chi connectivity index (χ1n) is 10.2. The van der Waals surface area contributed by atoms with Crippen LogP contribution >= 0.6 is 0 Å². The number of rotatable bonds is 4. The van der Waals surface area contributed by atoms with E-state index < -0.39 is 5.82 Å². The van der Waals surface area contributed by atoms with Crippen molar-refractivity contribution >= 4 is 29.1 Å². The second-order valence-corrected chi connectivity index (χ2v) is 7.84. The summed E-state index contributed by atoms with van der Waals surface area (Å²) in [6, 6.07) is 15.2. The standard InChI is InChI=1S/C23H24FN3O3/c24-18-5-4-6-19(14-18)25-22(29)16-9-11-26(12-10-16)23(30)17-13-21(28)27(15-17)20-7-2-1-3-8-20/h1-8,14,16-17H,9-13,15H2,(H,25,29). The number of nitrogens with one attached hydrogen (secondary N) is 1. The van der Waals surface area contributed by atoms with Gasteiger partial charge in [0.1, 0.15) is 5.82 Å². The summed E-state index contributed by atoms with van der Waals surface area (Å²) < 4.78 is 13.3. The number of halogens is 1. The van der Waals surface area contributed by atoms with Crippen molar-refractivity contribution in [3.8, 4) is 0 Å². The third kappa shape index (κ3) is 4.35. The van der Waals surface area contributed by atoms with Gasteiger partial charge in [-0.3, -0.25) is 14.4 Å². The molecule has 2 saturated heterocycles. The van der Waals surface area contributed by atoms with E-state index in [9.17, 15) is 18.8 Å². The summed E-state index contributed by atoms with van der Waals surface area (Å²) in [5.41, 5.74) is 1.24. The van der Waals surface area contributed by atoms with E-state index in [0.29, 0.717) is 38.2 Å². The Morgan fingerprint density at radius 3 is 2.40 bits per heavy atom. The largest absolute Gasteiger partial charge is 0.342 e. The fraction of sp³-hybridized carbons (Fsp3) is 0.348. The van der Waals surface area contributed by atoms with Crippen LogP contribution in [-0.4, -0.2) is 42.3 Å². The van der Waals surface area contributed by atoms with Crippen molar-refractivity contribution in [2.24, 2.45) is 11.8 Å². The molecule has 0 aromatic heterocycles. The maximum Gasteiger partial charge on any atom is 0.228 e. The maximum atomic E-state index is 13.3. The number of carbonyl (C=O) groups excluding carboxylic acids is 3. The van der Waals surface area contributed by atoms with Crippen molar-refractivity contribution in [2.75, 3.05) is 29.9 Å². The zero-order valence-corrected chi connectivity index (χ0v) is 16.6. The van der Waals surface area contributed by atoms with E-state index in [1.54, 1.807) is 21.9 Å². The second-order valence-electron chi connectivity index (χ2n) is 7.84. The van der Waals surface area contributed by atoms with Gasteiger partial charge in [0.2, 0.25) is 17.7 Å². The Bertz CT molecular complexity index is 942. The van der Waals surface area contributed by atoms with E-state index in [1.165, 1.54) is 12.1 Å². The highest BCUT2D eigenvalue weighted by Crippen LogP contribution is 2.28. The molecule has 0 saturated carbocycles. The second kappa shape index (κ2) is 8.65. The van der Waals surface area contributed by atoms with E-state index in [4.69, 9.17) is 0 Å². The first-order valence-corrected chi connectivity index (χ1v) is 10.2. The van der Waals surface area contributed by atoms with Gasteiger partial charge >= 0.3 is 0 Å². The van der Waals surface area contributed by atoms with Gasteiger partial charge in [-0.25, -0.2) is 4.39 Å². The van der Waals surface area contributed by atoms with Gasteiger partial charge in [0.05, 0.1) is 5.92 Å². The zero-order valence-electron chi connectivity index (χ0n) is 16.6. The average Bonchev–Trinajstić information content (AvgIpc) is 3.15. The molecule has 2 aromatic carbocycles. The molecule has 0 radical (unpaired) electrons. The number of hydrogen-bond acceptors (Lipinski definition) is 3. The first-order chi connectivity index (χ1) is 14.5. The molecule has 0 spiro atoms. The molecule has 1 unspecified atom stereocenters. The SMILES string of the molecule is O=C(Nc1cccc(F)c1)C1CCN(C(=O)C2CC(=O)N(c3ccccc3)C2)CC1. The number of piperidine rings is 1.